The molecule has 0 aromatic carbocycles. The van der Waals surface area contributed by atoms with Gasteiger partial charge in [0.15, 0.2) is 5.66 Å². The summed E-state index contributed by atoms with van der Waals surface area (Å²) in [5.74, 6) is -0.641. The standard InChI is InChI=1S/C11H20NO5P/c1-4-15-11(13)10(8-7-9-12)18(14,16-5-2)17-6-3/h10H,4-8H2,1-3H3. The highest BCUT2D eigenvalue weighted by molar-refractivity contribution is 7.55. The van der Waals surface area contributed by atoms with E-state index in [0.29, 0.717) is 0 Å². The fraction of sp³-hybridized carbons (Fsp3) is 0.818. The number of hydrogen-bond acceptors (Lipinski definition) is 6. The number of carbonyl (C=O) groups excluding carboxylic acids is 1. The second-order valence-corrected chi connectivity index (χ2v) is 5.56. The monoisotopic (exact) mass is 277 g/mol. The molecule has 0 N–H and O–H groups in total. The molecule has 0 aliphatic heterocycles. The minimum Gasteiger partial charge on any atom is -0.465 e. The summed E-state index contributed by atoms with van der Waals surface area (Å²) < 4.78 is 27.6. The molecule has 0 rings (SSSR count). The summed E-state index contributed by atoms with van der Waals surface area (Å²) in [7, 11) is -3.57. The molecule has 104 valence electrons. The Hall–Kier alpha value is -0.890. The molecule has 0 bridgehead atoms. The molecule has 0 aromatic rings. The maximum absolute atomic E-state index is 12.5. The van der Waals surface area contributed by atoms with Gasteiger partial charge in [0.2, 0.25) is 0 Å². The Morgan fingerprint density at radius 2 is 1.78 bits per heavy atom. The molecule has 0 amide bonds. The zero-order chi connectivity index (χ0) is 14.0. The van der Waals surface area contributed by atoms with Gasteiger partial charge in [-0.3, -0.25) is 9.36 Å². The van der Waals surface area contributed by atoms with Crippen molar-refractivity contribution < 1.29 is 23.1 Å². The van der Waals surface area contributed by atoms with Gasteiger partial charge in [-0.05, 0) is 27.2 Å². The molecule has 0 spiro atoms. The zero-order valence-electron chi connectivity index (χ0n) is 11.0. The van der Waals surface area contributed by atoms with E-state index in [0.717, 1.165) is 0 Å². The molecule has 0 heterocycles. The van der Waals surface area contributed by atoms with E-state index in [-0.39, 0.29) is 32.7 Å². The van der Waals surface area contributed by atoms with E-state index < -0.39 is 19.2 Å². The summed E-state index contributed by atoms with van der Waals surface area (Å²) in [6.45, 7) is 5.50. The number of esters is 1. The van der Waals surface area contributed by atoms with Crippen LogP contribution >= 0.6 is 7.60 Å². The Bertz CT molecular complexity index is 329. The summed E-state index contributed by atoms with van der Waals surface area (Å²) in [5.41, 5.74) is -1.03. The number of rotatable bonds is 9. The lowest BCUT2D eigenvalue weighted by Gasteiger charge is -2.24. The van der Waals surface area contributed by atoms with Gasteiger partial charge in [-0.2, -0.15) is 5.26 Å². The number of carbonyl (C=O) groups is 1. The molecule has 1 atom stereocenters. The van der Waals surface area contributed by atoms with Gasteiger partial charge in [0, 0.05) is 6.42 Å². The molecule has 1 unspecified atom stereocenters. The average Bonchev–Trinajstić information content (AvgIpc) is 2.30. The third kappa shape index (κ3) is 5.18. The molecular weight excluding hydrogens is 257 g/mol. The van der Waals surface area contributed by atoms with Gasteiger partial charge in [-0.1, -0.05) is 0 Å². The summed E-state index contributed by atoms with van der Waals surface area (Å²) >= 11 is 0. The first kappa shape index (κ1) is 17.1. The topological polar surface area (TPSA) is 85.6 Å². The summed E-state index contributed by atoms with van der Waals surface area (Å²) in [6.07, 6.45) is 0.195. The van der Waals surface area contributed by atoms with Crippen LogP contribution in [0.5, 0.6) is 0 Å². The molecule has 0 aliphatic carbocycles. The van der Waals surface area contributed by atoms with Crippen LogP contribution < -0.4 is 0 Å². The van der Waals surface area contributed by atoms with Crippen molar-refractivity contribution in [2.24, 2.45) is 0 Å². The van der Waals surface area contributed by atoms with E-state index in [1.165, 1.54) is 0 Å². The van der Waals surface area contributed by atoms with Crippen LogP contribution in [0.4, 0.5) is 0 Å². The molecule has 6 nitrogen and oxygen atoms in total. The van der Waals surface area contributed by atoms with Crippen molar-refractivity contribution in [1.29, 1.82) is 5.26 Å². The summed E-state index contributed by atoms with van der Waals surface area (Å²) in [5, 5.41) is 8.58. The predicted molar refractivity (Wildman–Crippen MR) is 66.1 cm³/mol. The minimum absolute atomic E-state index is 0.0909. The van der Waals surface area contributed by atoms with Crippen molar-refractivity contribution in [3.8, 4) is 6.07 Å². The van der Waals surface area contributed by atoms with Crippen LogP contribution in [0.25, 0.3) is 0 Å². The van der Waals surface area contributed by atoms with Gasteiger partial charge in [0.1, 0.15) is 0 Å². The van der Waals surface area contributed by atoms with Crippen molar-refractivity contribution in [3.05, 3.63) is 0 Å². The van der Waals surface area contributed by atoms with E-state index in [4.69, 9.17) is 19.0 Å². The van der Waals surface area contributed by atoms with Gasteiger partial charge in [0.25, 0.3) is 0 Å². The molecule has 0 saturated heterocycles. The van der Waals surface area contributed by atoms with Crippen LogP contribution in [0.3, 0.4) is 0 Å². The van der Waals surface area contributed by atoms with E-state index in [2.05, 4.69) is 0 Å². The van der Waals surface area contributed by atoms with Crippen LogP contribution in [-0.4, -0.2) is 31.4 Å². The Morgan fingerprint density at radius 3 is 2.17 bits per heavy atom. The molecule has 0 fully saturated rings. The van der Waals surface area contributed by atoms with Crippen molar-refractivity contribution in [3.63, 3.8) is 0 Å². The number of ether oxygens (including phenoxy) is 1. The third-order valence-corrected chi connectivity index (χ3v) is 4.56. The van der Waals surface area contributed by atoms with E-state index in [1.807, 2.05) is 6.07 Å². The SMILES string of the molecule is CCOC(=O)C(CCC#N)P(=O)(OCC)OCC. The van der Waals surface area contributed by atoms with E-state index in [9.17, 15) is 9.36 Å². The quantitative estimate of drug-likeness (QED) is 0.475. The van der Waals surface area contributed by atoms with Crippen LogP contribution in [0, 0.1) is 11.3 Å². The first-order chi connectivity index (χ1) is 8.55. The Kier molecular flexibility index (Phi) is 8.65. The number of nitrogens with zero attached hydrogens (tertiary/aromatic N) is 1. The molecular formula is C11H20NO5P. The minimum atomic E-state index is -3.57. The fourth-order valence-corrected chi connectivity index (χ4v) is 3.35. The summed E-state index contributed by atoms with van der Waals surface area (Å²) in [6, 6.07) is 1.91. The highest BCUT2D eigenvalue weighted by Gasteiger charge is 2.41. The highest BCUT2D eigenvalue weighted by atomic mass is 31.2. The maximum atomic E-state index is 12.5. The van der Waals surface area contributed by atoms with Gasteiger partial charge >= 0.3 is 13.6 Å². The van der Waals surface area contributed by atoms with Crippen molar-refractivity contribution in [2.75, 3.05) is 19.8 Å². The molecule has 7 heteroatoms. The predicted octanol–water partition coefficient (Wildman–Crippen LogP) is 2.49. The van der Waals surface area contributed by atoms with E-state index in [1.54, 1.807) is 20.8 Å². The smallest absolute Gasteiger partial charge is 0.344 e. The Balaban J connectivity index is 5.03. The van der Waals surface area contributed by atoms with Gasteiger partial charge in [-0.25, -0.2) is 0 Å². The first-order valence-corrected chi connectivity index (χ1v) is 7.59. The van der Waals surface area contributed by atoms with Crippen molar-refractivity contribution in [1.82, 2.24) is 0 Å². The van der Waals surface area contributed by atoms with E-state index >= 15 is 0 Å². The molecule has 0 aromatic heterocycles. The van der Waals surface area contributed by atoms with Crippen LogP contribution in [0.1, 0.15) is 33.6 Å². The number of nitriles is 1. The van der Waals surface area contributed by atoms with Crippen molar-refractivity contribution in [2.45, 2.75) is 39.3 Å². The third-order valence-electron chi connectivity index (χ3n) is 2.09. The summed E-state index contributed by atoms with van der Waals surface area (Å²) in [4.78, 5) is 11.8. The van der Waals surface area contributed by atoms with Gasteiger partial charge < -0.3 is 13.8 Å². The molecule has 18 heavy (non-hydrogen) atoms. The Morgan fingerprint density at radius 1 is 1.22 bits per heavy atom. The molecule has 0 saturated carbocycles. The van der Waals surface area contributed by atoms with Gasteiger partial charge in [0.05, 0.1) is 25.9 Å². The maximum Gasteiger partial charge on any atom is 0.344 e. The van der Waals surface area contributed by atoms with Crippen LogP contribution in [0.2, 0.25) is 0 Å². The molecule has 0 radical (unpaired) electrons. The lowest BCUT2D eigenvalue weighted by atomic mass is 10.2. The zero-order valence-corrected chi connectivity index (χ0v) is 11.9. The largest absolute Gasteiger partial charge is 0.465 e. The second kappa shape index (κ2) is 9.09. The lowest BCUT2D eigenvalue weighted by Crippen LogP contribution is -2.26. The normalized spacial score (nSPS) is 12.8. The average molecular weight is 277 g/mol. The van der Waals surface area contributed by atoms with Crippen molar-refractivity contribution >= 4 is 13.6 Å². The van der Waals surface area contributed by atoms with Crippen LogP contribution in [0.15, 0.2) is 0 Å². The fourth-order valence-electron chi connectivity index (χ4n) is 1.42. The van der Waals surface area contributed by atoms with Gasteiger partial charge in [-0.15, -0.1) is 0 Å². The first-order valence-electron chi connectivity index (χ1n) is 5.98. The lowest BCUT2D eigenvalue weighted by molar-refractivity contribution is -0.143. The molecule has 0 aliphatic rings. The Labute approximate surface area is 108 Å². The highest BCUT2D eigenvalue weighted by Crippen LogP contribution is 2.54. The second-order valence-electron chi connectivity index (χ2n) is 3.34. The van der Waals surface area contributed by atoms with Crippen LogP contribution in [-0.2, 0) is 23.1 Å². The number of hydrogen-bond donors (Lipinski definition) is 0.